The van der Waals surface area contributed by atoms with Crippen LogP contribution in [-0.2, 0) is 6.42 Å². The molecule has 0 radical (unpaired) electrons. The zero-order valence-electron chi connectivity index (χ0n) is 11.4. The summed E-state index contributed by atoms with van der Waals surface area (Å²) in [5, 5.41) is 6.39. The first-order chi connectivity index (χ1) is 8.79. The average Bonchev–Trinajstić information content (AvgIpc) is 2.46. The zero-order chi connectivity index (χ0) is 12.8. The minimum atomic E-state index is 0. The highest BCUT2D eigenvalue weighted by Gasteiger charge is 2.14. The van der Waals surface area contributed by atoms with E-state index in [0.717, 1.165) is 31.6 Å². The van der Waals surface area contributed by atoms with E-state index in [4.69, 9.17) is 0 Å². The lowest BCUT2D eigenvalue weighted by atomic mass is 9.99. The molecular weight excluding hydrogens is 260 g/mol. The van der Waals surface area contributed by atoms with E-state index in [1.54, 1.807) is 0 Å². The number of rotatable bonds is 4. The monoisotopic (exact) mass is 282 g/mol. The van der Waals surface area contributed by atoms with Crippen molar-refractivity contribution >= 4 is 18.3 Å². The van der Waals surface area contributed by atoms with Crippen LogP contribution in [0.1, 0.15) is 35.7 Å². The van der Waals surface area contributed by atoms with Crippen molar-refractivity contribution in [1.82, 2.24) is 10.6 Å². The fraction of sp³-hybridized carbons (Fsp3) is 0.533. The van der Waals surface area contributed by atoms with Crippen LogP contribution in [0.5, 0.6) is 0 Å². The number of carbonyl (C=O) groups excluding carboxylic acids is 1. The van der Waals surface area contributed by atoms with Crippen molar-refractivity contribution in [2.24, 2.45) is 5.92 Å². The van der Waals surface area contributed by atoms with Gasteiger partial charge in [0.1, 0.15) is 0 Å². The summed E-state index contributed by atoms with van der Waals surface area (Å²) >= 11 is 0. The SMILES string of the molecule is CCc1ccc(C(=O)NCC2CCCNC2)cc1.Cl. The van der Waals surface area contributed by atoms with Crippen molar-refractivity contribution in [2.75, 3.05) is 19.6 Å². The van der Waals surface area contributed by atoms with Gasteiger partial charge in [0.25, 0.3) is 5.91 Å². The van der Waals surface area contributed by atoms with Crippen molar-refractivity contribution in [2.45, 2.75) is 26.2 Å². The summed E-state index contributed by atoms with van der Waals surface area (Å²) in [6, 6.07) is 7.87. The second-order valence-corrected chi connectivity index (χ2v) is 4.97. The van der Waals surface area contributed by atoms with E-state index in [2.05, 4.69) is 17.6 Å². The maximum atomic E-state index is 12.0. The van der Waals surface area contributed by atoms with Gasteiger partial charge in [-0.1, -0.05) is 19.1 Å². The van der Waals surface area contributed by atoms with Gasteiger partial charge in [-0.2, -0.15) is 0 Å². The Morgan fingerprint density at radius 2 is 2.11 bits per heavy atom. The summed E-state index contributed by atoms with van der Waals surface area (Å²) < 4.78 is 0. The number of carbonyl (C=O) groups is 1. The molecule has 106 valence electrons. The summed E-state index contributed by atoms with van der Waals surface area (Å²) in [5.74, 6) is 0.626. The Hall–Kier alpha value is -1.06. The lowest BCUT2D eigenvalue weighted by Crippen LogP contribution is -2.38. The molecule has 4 heteroatoms. The molecule has 1 heterocycles. The molecule has 1 aromatic rings. The van der Waals surface area contributed by atoms with Crippen LogP contribution in [-0.4, -0.2) is 25.5 Å². The van der Waals surface area contributed by atoms with Gasteiger partial charge in [0.15, 0.2) is 0 Å². The molecule has 0 saturated carbocycles. The van der Waals surface area contributed by atoms with Gasteiger partial charge in [-0.05, 0) is 56.0 Å². The Balaban J connectivity index is 0.00000180. The van der Waals surface area contributed by atoms with Gasteiger partial charge in [0, 0.05) is 12.1 Å². The van der Waals surface area contributed by atoms with Crippen molar-refractivity contribution in [3.63, 3.8) is 0 Å². The van der Waals surface area contributed by atoms with Crippen LogP contribution in [0.15, 0.2) is 24.3 Å². The predicted octanol–water partition coefficient (Wildman–Crippen LogP) is 2.40. The Kier molecular flexibility index (Phi) is 6.89. The lowest BCUT2D eigenvalue weighted by Gasteiger charge is -2.22. The molecular formula is C15H23ClN2O. The first kappa shape index (κ1) is 16.0. The standard InChI is InChI=1S/C15H22N2O.ClH/c1-2-12-5-7-14(8-6-12)15(18)17-11-13-4-3-9-16-10-13;/h5-8,13,16H,2-4,9-11H2,1H3,(H,17,18);1H. The Bertz CT molecular complexity index is 386. The highest BCUT2D eigenvalue weighted by molar-refractivity contribution is 5.94. The smallest absolute Gasteiger partial charge is 0.251 e. The number of nitrogens with one attached hydrogen (secondary N) is 2. The Morgan fingerprint density at radius 3 is 2.68 bits per heavy atom. The number of hydrogen-bond donors (Lipinski definition) is 2. The van der Waals surface area contributed by atoms with Gasteiger partial charge in [0.2, 0.25) is 0 Å². The van der Waals surface area contributed by atoms with Crippen LogP contribution < -0.4 is 10.6 Å². The second kappa shape index (κ2) is 8.18. The molecule has 0 aromatic heterocycles. The van der Waals surface area contributed by atoms with E-state index < -0.39 is 0 Å². The molecule has 1 aliphatic rings. The molecule has 2 rings (SSSR count). The maximum Gasteiger partial charge on any atom is 0.251 e. The largest absolute Gasteiger partial charge is 0.352 e. The summed E-state index contributed by atoms with van der Waals surface area (Å²) in [5.41, 5.74) is 2.03. The fourth-order valence-corrected chi connectivity index (χ4v) is 2.33. The van der Waals surface area contributed by atoms with Crippen LogP contribution in [0.4, 0.5) is 0 Å². The molecule has 2 N–H and O–H groups in total. The molecule has 1 fully saturated rings. The second-order valence-electron chi connectivity index (χ2n) is 4.97. The molecule has 0 aliphatic carbocycles. The van der Waals surface area contributed by atoms with Gasteiger partial charge in [-0.15, -0.1) is 12.4 Å². The van der Waals surface area contributed by atoms with Crippen LogP contribution in [0, 0.1) is 5.92 Å². The third kappa shape index (κ3) is 4.84. The van der Waals surface area contributed by atoms with Crippen LogP contribution in [0.3, 0.4) is 0 Å². The summed E-state index contributed by atoms with van der Waals surface area (Å²) in [7, 11) is 0. The van der Waals surface area contributed by atoms with E-state index in [9.17, 15) is 4.79 Å². The number of halogens is 1. The number of piperidine rings is 1. The molecule has 0 spiro atoms. The quantitative estimate of drug-likeness (QED) is 0.890. The number of aryl methyl sites for hydroxylation is 1. The van der Waals surface area contributed by atoms with Crippen LogP contribution in [0.25, 0.3) is 0 Å². The molecule has 1 atom stereocenters. The lowest BCUT2D eigenvalue weighted by molar-refractivity contribution is 0.0945. The van der Waals surface area contributed by atoms with Gasteiger partial charge < -0.3 is 10.6 Å². The molecule has 1 aromatic carbocycles. The van der Waals surface area contributed by atoms with E-state index in [1.165, 1.54) is 18.4 Å². The molecule has 1 unspecified atom stereocenters. The van der Waals surface area contributed by atoms with E-state index in [0.29, 0.717) is 5.92 Å². The summed E-state index contributed by atoms with van der Waals surface area (Å²) in [6.45, 7) is 5.03. The van der Waals surface area contributed by atoms with Crippen molar-refractivity contribution in [3.8, 4) is 0 Å². The third-order valence-electron chi connectivity index (χ3n) is 3.57. The minimum absolute atomic E-state index is 0. The Morgan fingerprint density at radius 1 is 1.37 bits per heavy atom. The molecule has 1 amide bonds. The van der Waals surface area contributed by atoms with Crippen molar-refractivity contribution < 1.29 is 4.79 Å². The topological polar surface area (TPSA) is 41.1 Å². The van der Waals surface area contributed by atoms with Crippen LogP contribution >= 0.6 is 12.4 Å². The first-order valence-electron chi connectivity index (χ1n) is 6.87. The van der Waals surface area contributed by atoms with Gasteiger partial charge >= 0.3 is 0 Å². The first-order valence-corrected chi connectivity index (χ1v) is 6.87. The number of amides is 1. The molecule has 3 nitrogen and oxygen atoms in total. The summed E-state index contributed by atoms with van der Waals surface area (Å²) in [6.07, 6.45) is 3.43. The van der Waals surface area contributed by atoms with Gasteiger partial charge in [-0.3, -0.25) is 4.79 Å². The third-order valence-corrected chi connectivity index (χ3v) is 3.57. The van der Waals surface area contributed by atoms with Crippen molar-refractivity contribution in [1.29, 1.82) is 0 Å². The van der Waals surface area contributed by atoms with Gasteiger partial charge in [-0.25, -0.2) is 0 Å². The van der Waals surface area contributed by atoms with Crippen molar-refractivity contribution in [3.05, 3.63) is 35.4 Å². The normalized spacial score (nSPS) is 18.5. The zero-order valence-corrected chi connectivity index (χ0v) is 12.3. The minimum Gasteiger partial charge on any atom is -0.352 e. The van der Waals surface area contributed by atoms with E-state index in [-0.39, 0.29) is 18.3 Å². The maximum absolute atomic E-state index is 12.0. The van der Waals surface area contributed by atoms with E-state index in [1.807, 2.05) is 24.3 Å². The van der Waals surface area contributed by atoms with Gasteiger partial charge in [0.05, 0.1) is 0 Å². The number of benzene rings is 1. The highest BCUT2D eigenvalue weighted by Crippen LogP contribution is 2.09. The van der Waals surface area contributed by atoms with Crippen LogP contribution in [0.2, 0.25) is 0 Å². The predicted molar refractivity (Wildman–Crippen MR) is 81.0 cm³/mol. The fourth-order valence-electron chi connectivity index (χ4n) is 2.33. The Labute approximate surface area is 121 Å². The molecule has 0 bridgehead atoms. The molecule has 1 saturated heterocycles. The molecule has 19 heavy (non-hydrogen) atoms. The highest BCUT2D eigenvalue weighted by atomic mass is 35.5. The average molecular weight is 283 g/mol. The summed E-state index contributed by atoms with van der Waals surface area (Å²) in [4.78, 5) is 12.0. The molecule has 1 aliphatic heterocycles. The number of hydrogen-bond acceptors (Lipinski definition) is 2. The van der Waals surface area contributed by atoms with E-state index >= 15 is 0 Å².